The predicted octanol–water partition coefficient (Wildman–Crippen LogP) is 4.99. The molecule has 0 spiro atoms. The van der Waals surface area contributed by atoms with Crippen LogP contribution in [0, 0.1) is 40.4 Å². The van der Waals surface area contributed by atoms with Gasteiger partial charge in [0.1, 0.15) is 5.78 Å². The monoisotopic (exact) mass is 332 g/mol. The van der Waals surface area contributed by atoms with Crippen molar-refractivity contribution in [1.29, 1.82) is 0 Å². The minimum Gasteiger partial charge on any atom is -0.390 e. The molecule has 2 nitrogen and oxygen atoms in total. The summed E-state index contributed by atoms with van der Waals surface area (Å²) in [6, 6.07) is 0. The Morgan fingerprint density at radius 2 is 1.58 bits per heavy atom. The fourth-order valence-corrected chi connectivity index (χ4v) is 8.10. The minimum atomic E-state index is -0.437. The van der Waals surface area contributed by atoms with E-state index in [1.807, 2.05) is 13.8 Å². The van der Waals surface area contributed by atoms with Crippen molar-refractivity contribution in [3.63, 3.8) is 0 Å². The molecule has 0 aliphatic heterocycles. The van der Waals surface area contributed by atoms with Crippen molar-refractivity contribution in [3.05, 3.63) is 0 Å². The van der Waals surface area contributed by atoms with Crippen LogP contribution in [-0.4, -0.2) is 16.5 Å². The van der Waals surface area contributed by atoms with E-state index in [4.69, 9.17) is 0 Å². The van der Waals surface area contributed by atoms with Crippen LogP contribution in [0.15, 0.2) is 0 Å². The van der Waals surface area contributed by atoms with Crippen molar-refractivity contribution in [2.24, 2.45) is 40.4 Å². The van der Waals surface area contributed by atoms with Crippen LogP contribution in [-0.2, 0) is 4.79 Å². The summed E-state index contributed by atoms with van der Waals surface area (Å²) in [5.41, 5.74) is 0.268. The van der Waals surface area contributed by atoms with E-state index in [1.165, 1.54) is 38.5 Å². The van der Waals surface area contributed by atoms with Crippen LogP contribution in [0.25, 0.3) is 0 Å². The fraction of sp³-hybridized carbons (Fsp3) is 0.955. The number of fused-ring (bicyclic) bond motifs is 5. The standard InChI is InChI=1S/C22H36O2/c1-14(23)17-7-8-18-16-6-5-15-13-20(2,24)11-12-21(15,3)19(16)9-10-22(17,18)4/h15-19,24H,5-13H2,1-4H3/t15-,16+,17-,18+,19-,20+,21-,22-/m1/s1. The summed E-state index contributed by atoms with van der Waals surface area (Å²) in [6.45, 7) is 8.85. The molecule has 0 aromatic heterocycles. The van der Waals surface area contributed by atoms with E-state index < -0.39 is 5.60 Å². The van der Waals surface area contributed by atoms with E-state index in [2.05, 4.69) is 13.8 Å². The molecule has 0 radical (unpaired) electrons. The number of aliphatic hydroxyl groups is 1. The van der Waals surface area contributed by atoms with Gasteiger partial charge < -0.3 is 5.11 Å². The lowest BCUT2D eigenvalue weighted by Crippen LogP contribution is -2.55. The van der Waals surface area contributed by atoms with Crippen molar-refractivity contribution >= 4 is 5.78 Å². The van der Waals surface area contributed by atoms with Gasteiger partial charge in [0.2, 0.25) is 0 Å². The van der Waals surface area contributed by atoms with Crippen molar-refractivity contribution in [2.45, 2.75) is 91.1 Å². The van der Waals surface area contributed by atoms with Crippen LogP contribution >= 0.6 is 0 Å². The molecule has 24 heavy (non-hydrogen) atoms. The number of ketones is 1. The molecule has 4 saturated carbocycles. The first-order valence-electron chi connectivity index (χ1n) is 10.4. The molecule has 4 aliphatic carbocycles. The molecule has 4 fully saturated rings. The molecule has 0 bridgehead atoms. The molecule has 1 N–H and O–H groups in total. The number of hydrogen-bond acceptors (Lipinski definition) is 2. The molecule has 0 saturated heterocycles. The summed E-state index contributed by atoms with van der Waals surface area (Å²) >= 11 is 0. The maximum Gasteiger partial charge on any atom is 0.133 e. The highest BCUT2D eigenvalue weighted by Crippen LogP contribution is 2.68. The first-order chi connectivity index (χ1) is 11.2. The van der Waals surface area contributed by atoms with Gasteiger partial charge in [-0.15, -0.1) is 0 Å². The van der Waals surface area contributed by atoms with E-state index in [-0.39, 0.29) is 5.41 Å². The van der Waals surface area contributed by atoms with Crippen molar-refractivity contribution in [1.82, 2.24) is 0 Å². The van der Waals surface area contributed by atoms with Gasteiger partial charge in [-0.1, -0.05) is 13.8 Å². The summed E-state index contributed by atoms with van der Waals surface area (Å²) in [5, 5.41) is 10.6. The number of carbonyl (C=O) groups is 1. The number of hydrogen-bond donors (Lipinski definition) is 1. The van der Waals surface area contributed by atoms with Gasteiger partial charge in [-0.25, -0.2) is 0 Å². The fourth-order valence-electron chi connectivity index (χ4n) is 8.10. The maximum absolute atomic E-state index is 12.2. The van der Waals surface area contributed by atoms with E-state index in [9.17, 15) is 9.90 Å². The summed E-state index contributed by atoms with van der Waals surface area (Å²) in [6.07, 6.45) is 10.8. The SMILES string of the molecule is CC(=O)[C@H]1CC[C@H]2[C@@H]3CC[C@@H]4C[C@@](C)(O)CC[C@@]4(C)[C@@H]3CC[C@]12C. The summed E-state index contributed by atoms with van der Waals surface area (Å²) < 4.78 is 0. The Morgan fingerprint density at radius 1 is 0.875 bits per heavy atom. The predicted molar refractivity (Wildman–Crippen MR) is 96.5 cm³/mol. The molecule has 4 aliphatic rings. The van der Waals surface area contributed by atoms with Crippen molar-refractivity contribution in [3.8, 4) is 0 Å². The van der Waals surface area contributed by atoms with Crippen molar-refractivity contribution in [2.75, 3.05) is 0 Å². The molecule has 2 heteroatoms. The molecule has 8 atom stereocenters. The van der Waals surface area contributed by atoms with Crippen LogP contribution in [0.2, 0.25) is 0 Å². The summed E-state index contributed by atoms with van der Waals surface area (Å²) in [7, 11) is 0. The zero-order valence-corrected chi connectivity index (χ0v) is 16.1. The minimum absolute atomic E-state index is 0.274. The van der Waals surface area contributed by atoms with Crippen LogP contribution in [0.4, 0.5) is 0 Å². The van der Waals surface area contributed by atoms with E-state index in [1.54, 1.807) is 0 Å². The van der Waals surface area contributed by atoms with Crippen LogP contribution in [0.3, 0.4) is 0 Å². The Kier molecular flexibility index (Phi) is 3.78. The van der Waals surface area contributed by atoms with E-state index in [0.29, 0.717) is 23.0 Å². The van der Waals surface area contributed by atoms with Gasteiger partial charge in [0, 0.05) is 5.92 Å². The third kappa shape index (κ3) is 2.27. The Labute approximate surface area is 147 Å². The summed E-state index contributed by atoms with van der Waals surface area (Å²) in [4.78, 5) is 12.2. The van der Waals surface area contributed by atoms with E-state index >= 15 is 0 Å². The molecule has 0 aromatic rings. The maximum atomic E-state index is 12.2. The largest absolute Gasteiger partial charge is 0.390 e. The van der Waals surface area contributed by atoms with Gasteiger partial charge in [0.15, 0.2) is 0 Å². The van der Waals surface area contributed by atoms with Crippen molar-refractivity contribution < 1.29 is 9.90 Å². The second kappa shape index (κ2) is 5.32. The molecule has 0 unspecified atom stereocenters. The topological polar surface area (TPSA) is 37.3 Å². The Morgan fingerprint density at radius 3 is 2.29 bits per heavy atom. The molecular formula is C22H36O2. The van der Waals surface area contributed by atoms with Crippen LogP contribution in [0.1, 0.15) is 85.5 Å². The van der Waals surface area contributed by atoms with Crippen LogP contribution in [0.5, 0.6) is 0 Å². The quantitative estimate of drug-likeness (QED) is 0.735. The van der Waals surface area contributed by atoms with Crippen LogP contribution < -0.4 is 0 Å². The number of rotatable bonds is 1. The van der Waals surface area contributed by atoms with E-state index in [0.717, 1.165) is 37.0 Å². The molecule has 0 amide bonds. The zero-order chi connectivity index (χ0) is 17.3. The first kappa shape index (κ1) is 17.1. The summed E-state index contributed by atoms with van der Waals surface area (Å²) in [5.74, 6) is 3.89. The van der Waals surface area contributed by atoms with Gasteiger partial charge in [-0.05, 0) is 106 Å². The average molecular weight is 333 g/mol. The second-order valence-corrected chi connectivity index (χ2v) is 10.6. The third-order valence-electron chi connectivity index (χ3n) is 9.44. The second-order valence-electron chi connectivity index (χ2n) is 10.6. The Bertz CT molecular complexity index is 538. The average Bonchev–Trinajstić information content (AvgIpc) is 2.85. The molecule has 0 heterocycles. The van der Waals surface area contributed by atoms with Gasteiger partial charge in [0.05, 0.1) is 5.60 Å². The molecule has 0 aromatic carbocycles. The molecular weight excluding hydrogens is 296 g/mol. The third-order valence-corrected chi connectivity index (χ3v) is 9.44. The zero-order valence-electron chi connectivity index (χ0n) is 16.1. The van der Waals surface area contributed by atoms with Gasteiger partial charge in [-0.3, -0.25) is 4.79 Å². The molecule has 136 valence electrons. The lowest BCUT2D eigenvalue weighted by molar-refractivity contribution is -0.150. The number of Topliss-reactive ketones (excluding diaryl/α,β-unsaturated/α-hetero) is 1. The highest BCUT2D eigenvalue weighted by molar-refractivity contribution is 5.79. The molecule has 4 rings (SSSR count). The van der Waals surface area contributed by atoms with Gasteiger partial charge >= 0.3 is 0 Å². The lowest BCUT2D eigenvalue weighted by atomic mass is 9.44. The number of carbonyl (C=O) groups excluding carboxylic acids is 1. The Balaban J connectivity index is 1.61. The highest BCUT2D eigenvalue weighted by Gasteiger charge is 2.61. The Hall–Kier alpha value is -0.370. The van der Waals surface area contributed by atoms with Gasteiger partial charge in [-0.2, -0.15) is 0 Å². The van der Waals surface area contributed by atoms with Gasteiger partial charge in [0.25, 0.3) is 0 Å². The lowest BCUT2D eigenvalue weighted by Gasteiger charge is -2.61. The highest BCUT2D eigenvalue weighted by atomic mass is 16.3. The normalized spacial score (nSPS) is 57.0. The smallest absolute Gasteiger partial charge is 0.133 e. The first-order valence-corrected chi connectivity index (χ1v) is 10.4.